The van der Waals surface area contributed by atoms with Gasteiger partial charge in [-0.1, -0.05) is 29.8 Å². The smallest absolute Gasteiger partial charge is 0.339 e. The van der Waals surface area contributed by atoms with Crippen LogP contribution < -0.4 is 5.32 Å². The van der Waals surface area contributed by atoms with Crippen molar-refractivity contribution in [3.8, 4) is 11.3 Å². The summed E-state index contributed by atoms with van der Waals surface area (Å²) in [5.41, 5.74) is 2.24. The number of nitrogens with zero attached hydrogens (tertiary/aromatic N) is 1. The number of para-hydroxylation sites is 1. The molecule has 1 N–H and O–H groups in total. The number of thioether (sulfide) groups is 1. The Morgan fingerprint density at radius 2 is 1.91 bits per heavy atom. The van der Waals surface area contributed by atoms with Gasteiger partial charge in [0.05, 0.1) is 22.6 Å². The third-order valence-corrected chi connectivity index (χ3v) is 6.39. The average molecular weight is 511 g/mol. The Morgan fingerprint density at radius 1 is 1.14 bits per heavy atom. The summed E-state index contributed by atoms with van der Waals surface area (Å²) in [4.78, 5) is 50.5. The lowest BCUT2D eigenvalue weighted by atomic mass is 10.1. The Hall–Kier alpha value is -3.82. The van der Waals surface area contributed by atoms with Crippen molar-refractivity contribution in [1.82, 2.24) is 4.90 Å². The minimum absolute atomic E-state index is 0.131. The van der Waals surface area contributed by atoms with E-state index in [1.165, 1.54) is 19.3 Å². The van der Waals surface area contributed by atoms with E-state index in [-0.39, 0.29) is 15.5 Å². The Labute approximate surface area is 209 Å². The Bertz CT molecular complexity index is 1380. The summed E-state index contributed by atoms with van der Waals surface area (Å²) in [6.07, 6.45) is 1.44. The van der Waals surface area contributed by atoms with Gasteiger partial charge in [0.15, 0.2) is 0 Å². The summed E-state index contributed by atoms with van der Waals surface area (Å²) in [6, 6.07) is 15.3. The van der Waals surface area contributed by atoms with Gasteiger partial charge in [0.25, 0.3) is 11.1 Å². The van der Waals surface area contributed by atoms with Crippen LogP contribution in [-0.2, 0) is 14.3 Å². The molecule has 4 rings (SSSR count). The van der Waals surface area contributed by atoms with Crippen molar-refractivity contribution in [3.63, 3.8) is 0 Å². The number of furan rings is 1. The fraction of sp³-hybridized carbons (Fsp3) is 0.120. The van der Waals surface area contributed by atoms with E-state index in [4.69, 9.17) is 20.8 Å². The second-order valence-electron chi connectivity index (χ2n) is 7.52. The van der Waals surface area contributed by atoms with Gasteiger partial charge in [0.2, 0.25) is 5.91 Å². The molecule has 2 aromatic carbocycles. The number of hydrogen-bond acceptors (Lipinski definition) is 7. The standard InChI is InChI=1S/C25H19ClN2O6S/c1-14-5-3-4-6-19(14)27-22(29)13-28-23(30)21(35-25(28)32)12-16-8-10-20(34-16)15-7-9-18(26)17(11-15)24(31)33-2/h3-12H,13H2,1-2H3,(H,27,29)/b21-12+. The molecule has 0 atom stereocenters. The van der Waals surface area contributed by atoms with E-state index in [0.29, 0.717) is 22.8 Å². The largest absolute Gasteiger partial charge is 0.465 e. The molecule has 1 aliphatic heterocycles. The summed E-state index contributed by atoms with van der Waals surface area (Å²) in [5, 5.41) is 2.41. The fourth-order valence-corrected chi connectivity index (χ4v) is 4.36. The highest BCUT2D eigenvalue weighted by Gasteiger charge is 2.36. The van der Waals surface area contributed by atoms with Gasteiger partial charge in [-0.2, -0.15) is 0 Å². The first kappa shape index (κ1) is 24.3. The molecule has 8 nitrogen and oxygen atoms in total. The van der Waals surface area contributed by atoms with E-state index in [9.17, 15) is 19.2 Å². The van der Waals surface area contributed by atoms with E-state index < -0.39 is 29.6 Å². The molecular weight excluding hydrogens is 492 g/mol. The number of nitrogens with one attached hydrogen (secondary N) is 1. The van der Waals surface area contributed by atoms with Crippen molar-refractivity contribution in [2.45, 2.75) is 6.92 Å². The molecule has 1 aliphatic rings. The first-order chi connectivity index (χ1) is 16.8. The maximum Gasteiger partial charge on any atom is 0.339 e. The molecule has 0 aliphatic carbocycles. The number of benzene rings is 2. The molecule has 35 heavy (non-hydrogen) atoms. The molecule has 1 fully saturated rings. The van der Waals surface area contributed by atoms with Crippen molar-refractivity contribution < 1.29 is 28.3 Å². The lowest BCUT2D eigenvalue weighted by Crippen LogP contribution is -2.36. The van der Waals surface area contributed by atoms with Crippen LogP contribution >= 0.6 is 23.4 Å². The molecule has 0 radical (unpaired) electrons. The quantitative estimate of drug-likeness (QED) is 0.351. The zero-order valence-corrected chi connectivity index (χ0v) is 20.2. The van der Waals surface area contributed by atoms with Crippen molar-refractivity contribution in [2.24, 2.45) is 0 Å². The first-order valence-electron chi connectivity index (χ1n) is 10.4. The van der Waals surface area contributed by atoms with E-state index in [0.717, 1.165) is 22.2 Å². The predicted molar refractivity (Wildman–Crippen MR) is 133 cm³/mol. The maximum atomic E-state index is 12.8. The molecule has 0 saturated carbocycles. The molecule has 0 bridgehead atoms. The van der Waals surface area contributed by atoms with Crippen LogP contribution in [0.2, 0.25) is 5.02 Å². The lowest BCUT2D eigenvalue weighted by molar-refractivity contribution is -0.127. The van der Waals surface area contributed by atoms with Crippen molar-refractivity contribution in [3.05, 3.63) is 81.4 Å². The van der Waals surface area contributed by atoms with Crippen LogP contribution in [0.1, 0.15) is 21.7 Å². The van der Waals surface area contributed by atoms with Gasteiger partial charge in [0, 0.05) is 17.3 Å². The molecule has 3 aromatic rings. The number of amides is 3. The zero-order valence-electron chi connectivity index (χ0n) is 18.7. The molecule has 1 aromatic heterocycles. The Kier molecular flexibility index (Phi) is 7.09. The normalized spacial score (nSPS) is 14.5. The molecule has 0 spiro atoms. The fourth-order valence-electron chi connectivity index (χ4n) is 3.34. The van der Waals surface area contributed by atoms with Crippen molar-refractivity contribution in [2.75, 3.05) is 19.0 Å². The number of halogens is 1. The van der Waals surface area contributed by atoms with E-state index in [1.54, 1.807) is 36.4 Å². The molecular formula is C25H19ClN2O6S. The molecule has 2 heterocycles. The molecule has 3 amide bonds. The number of carbonyl (C=O) groups is 4. The summed E-state index contributed by atoms with van der Waals surface area (Å²) < 4.78 is 10.5. The summed E-state index contributed by atoms with van der Waals surface area (Å²) in [6.45, 7) is 1.44. The Balaban J connectivity index is 1.48. The third-order valence-electron chi connectivity index (χ3n) is 5.15. The number of hydrogen-bond donors (Lipinski definition) is 1. The van der Waals surface area contributed by atoms with Crippen molar-refractivity contribution in [1.29, 1.82) is 0 Å². The highest BCUT2D eigenvalue weighted by molar-refractivity contribution is 8.18. The maximum absolute atomic E-state index is 12.8. The number of rotatable bonds is 6. The molecule has 178 valence electrons. The number of imide groups is 1. The van der Waals surface area contributed by atoms with Gasteiger partial charge in [-0.05, 0) is 60.6 Å². The number of aryl methyl sites for hydroxylation is 1. The topological polar surface area (TPSA) is 106 Å². The van der Waals surface area contributed by atoms with Crippen LogP contribution in [0, 0.1) is 6.92 Å². The van der Waals surface area contributed by atoms with Crippen molar-refractivity contribution >= 4 is 58.1 Å². The lowest BCUT2D eigenvalue weighted by Gasteiger charge is -2.13. The predicted octanol–water partition coefficient (Wildman–Crippen LogP) is 5.37. The second kappa shape index (κ2) is 10.2. The highest BCUT2D eigenvalue weighted by atomic mass is 35.5. The molecule has 10 heteroatoms. The van der Waals surface area contributed by atoms with Crippen LogP contribution in [-0.4, -0.2) is 41.6 Å². The average Bonchev–Trinajstić information content (AvgIpc) is 3.40. The minimum atomic E-state index is -0.586. The van der Waals surface area contributed by atoms with Crippen LogP contribution in [0.5, 0.6) is 0 Å². The van der Waals surface area contributed by atoms with Gasteiger partial charge in [-0.3, -0.25) is 19.3 Å². The summed E-state index contributed by atoms with van der Waals surface area (Å²) in [7, 11) is 1.26. The van der Waals surface area contributed by atoms with Gasteiger partial charge >= 0.3 is 5.97 Å². The SMILES string of the molecule is COC(=O)c1cc(-c2ccc(/C=C3/SC(=O)N(CC(=O)Nc4ccccc4C)C3=O)o2)ccc1Cl. The number of carbonyl (C=O) groups excluding carboxylic acids is 4. The molecule has 1 saturated heterocycles. The number of esters is 1. The van der Waals surface area contributed by atoms with Crippen LogP contribution in [0.25, 0.3) is 17.4 Å². The minimum Gasteiger partial charge on any atom is -0.465 e. The van der Waals surface area contributed by atoms with E-state index in [1.807, 2.05) is 19.1 Å². The second-order valence-corrected chi connectivity index (χ2v) is 8.92. The monoisotopic (exact) mass is 510 g/mol. The van der Waals surface area contributed by atoms with Gasteiger partial charge in [-0.25, -0.2) is 4.79 Å². The van der Waals surface area contributed by atoms with Crippen LogP contribution in [0.15, 0.2) is 63.9 Å². The first-order valence-corrected chi connectivity index (χ1v) is 11.5. The van der Waals surface area contributed by atoms with Crippen LogP contribution in [0.4, 0.5) is 10.5 Å². The number of ether oxygens (including phenoxy) is 1. The summed E-state index contributed by atoms with van der Waals surface area (Å²) in [5.74, 6) is -0.896. The number of anilines is 1. The van der Waals surface area contributed by atoms with E-state index >= 15 is 0 Å². The van der Waals surface area contributed by atoms with E-state index in [2.05, 4.69) is 5.32 Å². The third kappa shape index (κ3) is 5.31. The zero-order chi connectivity index (χ0) is 25.1. The van der Waals surface area contributed by atoms with Gasteiger partial charge in [-0.15, -0.1) is 0 Å². The van der Waals surface area contributed by atoms with Crippen LogP contribution in [0.3, 0.4) is 0 Å². The summed E-state index contributed by atoms with van der Waals surface area (Å²) >= 11 is 6.79. The highest BCUT2D eigenvalue weighted by Crippen LogP contribution is 2.34. The van der Waals surface area contributed by atoms with Gasteiger partial charge < -0.3 is 14.5 Å². The number of methoxy groups -OCH3 is 1. The van der Waals surface area contributed by atoms with Gasteiger partial charge in [0.1, 0.15) is 18.1 Å². The molecule has 0 unspecified atom stereocenters. The Morgan fingerprint density at radius 3 is 2.66 bits per heavy atom.